The summed E-state index contributed by atoms with van der Waals surface area (Å²) in [5.74, 6) is 0.816. The zero-order valence-electron chi connectivity index (χ0n) is 5.87. The van der Waals surface area contributed by atoms with Crippen molar-refractivity contribution in [1.82, 2.24) is 9.89 Å². The molecule has 2 heterocycles. The average molecular weight is 152 g/mol. The zero-order chi connectivity index (χ0) is 7.68. The Kier molecular flexibility index (Phi) is 1.28. The molecule has 0 radical (unpaired) electrons. The van der Waals surface area contributed by atoms with Crippen LogP contribution in [-0.4, -0.2) is 22.3 Å². The number of carbonyl (C=O) groups excluding carboxylic acids is 1. The number of anilines is 1. The maximum Gasteiger partial charge on any atom is 0.241 e. The van der Waals surface area contributed by atoms with Gasteiger partial charge in [-0.15, -0.1) is 0 Å². The van der Waals surface area contributed by atoms with Crippen LogP contribution < -0.4 is 10.7 Å². The fourth-order valence-corrected chi connectivity index (χ4v) is 1.00. The molecule has 1 aliphatic rings. The van der Waals surface area contributed by atoms with E-state index < -0.39 is 0 Å². The van der Waals surface area contributed by atoms with Crippen LogP contribution in [-0.2, 0) is 4.79 Å². The van der Waals surface area contributed by atoms with Gasteiger partial charge in [0.1, 0.15) is 5.82 Å². The van der Waals surface area contributed by atoms with Gasteiger partial charge in [-0.1, -0.05) is 0 Å². The highest BCUT2D eigenvalue weighted by molar-refractivity contribution is 5.85. The van der Waals surface area contributed by atoms with Gasteiger partial charge in [0.2, 0.25) is 5.91 Å². The predicted molar refractivity (Wildman–Crippen MR) is 39.7 cm³/mol. The fraction of sp³-hybridized carbons (Fsp3) is 0.333. The van der Waals surface area contributed by atoms with E-state index in [1.54, 1.807) is 6.20 Å². The van der Waals surface area contributed by atoms with Gasteiger partial charge in [-0.25, -0.2) is 5.43 Å². The molecule has 0 saturated heterocycles. The van der Waals surface area contributed by atoms with Gasteiger partial charge in [-0.3, -0.25) is 4.79 Å². The summed E-state index contributed by atoms with van der Waals surface area (Å²) >= 11 is 0. The molecular weight excluding hydrogens is 144 g/mol. The van der Waals surface area contributed by atoms with E-state index in [0.717, 1.165) is 5.82 Å². The van der Waals surface area contributed by atoms with Crippen molar-refractivity contribution in [2.24, 2.45) is 0 Å². The second kappa shape index (κ2) is 2.26. The molecule has 0 spiro atoms. The number of fused-ring (bicyclic) bond motifs is 1. The zero-order valence-corrected chi connectivity index (χ0v) is 5.87. The van der Waals surface area contributed by atoms with Crippen LogP contribution in [0.25, 0.3) is 0 Å². The lowest BCUT2D eigenvalue weighted by atomic mass is 10.4. The van der Waals surface area contributed by atoms with Crippen LogP contribution in [0.3, 0.4) is 0 Å². The van der Waals surface area contributed by atoms with E-state index in [-0.39, 0.29) is 5.91 Å². The van der Waals surface area contributed by atoms with Crippen molar-refractivity contribution in [2.45, 2.75) is 6.42 Å². The number of hydrogen-bond donors (Lipinski definition) is 2. The van der Waals surface area contributed by atoms with Gasteiger partial charge in [0.05, 0.1) is 6.20 Å². The van der Waals surface area contributed by atoms with Crippen LogP contribution in [0.5, 0.6) is 0 Å². The minimum atomic E-state index is -0.0139. The first-order chi connectivity index (χ1) is 5.36. The summed E-state index contributed by atoms with van der Waals surface area (Å²) in [7, 11) is 0. The third-order valence-corrected chi connectivity index (χ3v) is 1.53. The van der Waals surface area contributed by atoms with Gasteiger partial charge < -0.3 is 5.32 Å². The first-order valence-corrected chi connectivity index (χ1v) is 3.44. The summed E-state index contributed by atoms with van der Waals surface area (Å²) in [6, 6.07) is 1.81. The van der Waals surface area contributed by atoms with Crippen LogP contribution in [0.1, 0.15) is 6.42 Å². The summed E-state index contributed by atoms with van der Waals surface area (Å²) in [5.41, 5.74) is 2.61. The third kappa shape index (κ3) is 1.04. The minimum absolute atomic E-state index is 0.0139. The maximum absolute atomic E-state index is 10.9. The fourth-order valence-electron chi connectivity index (χ4n) is 1.00. The van der Waals surface area contributed by atoms with Crippen molar-refractivity contribution in [3.63, 3.8) is 0 Å². The molecule has 1 aromatic rings. The highest BCUT2D eigenvalue weighted by Crippen LogP contribution is 2.06. The Labute approximate surface area is 63.4 Å². The molecule has 0 bridgehead atoms. The molecule has 0 fully saturated rings. The van der Waals surface area contributed by atoms with E-state index in [0.29, 0.717) is 13.0 Å². The second-order valence-electron chi connectivity index (χ2n) is 2.34. The lowest BCUT2D eigenvalue weighted by molar-refractivity contribution is -0.116. The SMILES string of the molecule is O=C1CCNc2ccnn2N1. The van der Waals surface area contributed by atoms with E-state index in [1.165, 1.54) is 4.79 Å². The normalized spacial score (nSPS) is 16.2. The van der Waals surface area contributed by atoms with Crippen molar-refractivity contribution in [2.75, 3.05) is 17.3 Å². The number of rotatable bonds is 0. The number of hydrogen-bond acceptors (Lipinski definition) is 3. The summed E-state index contributed by atoms with van der Waals surface area (Å²) in [6.45, 7) is 0.664. The molecular formula is C6H8N4O. The largest absolute Gasteiger partial charge is 0.368 e. The predicted octanol–water partition coefficient (Wildman–Crippen LogP) is -0.231. The Morgan fingerprint density at radius 1 is 1.64 bits per heavy atom. The van der Waals surface area contributed by atoms with E-state index >= 15 is 0 Å². The molecule has 1 aliphatic heterocycles. The number of nitrogens with zero attached hydrogens (tertiary/aromatic N) is 2. The Hall–Kier alpha value is -1.52. The van der Waals surface area contributed by atoms with Crippen LogP contribution in [0.2, 0.25) is 0 Å². The van der Waals surface area contributed by atoms with E-state index in [9.17, 15) is 4.79 Å². The van der Waals surface area contributed by atoms with Crippen molar-refractivity contribution < 1.29 is 4.79 Å². The molecule has 58 valence electrons. The molecule has 2 N–H and O–H groups in total. The van der Waals surface area contributed by atoms with Crippen LogP contribution in [0.4, 0.5) is 5.82 Å². The van der Waals surface area contributed by atoms with Gasteiger partial charge in [0.25, 0.3) is 0 Å². The average Bonchev–Trinajstić information content (AvgIpc) is 2.31. The van der Waals surface area contributed by atoms with Crippen molar-refractivity contribution in [3.8, 4) is 0 Å². The molecule has 0 aliphatic carbocycles. The molecule has 1 aromatic heterocycles. The van der Waals surface area contributed by atoms with Gasteiger partial charge >= 0.3 is 0 Å². The highest BCUT2D eigenvalue weighted by Gasteiger charge is 2.10. The molecule has 0 saturated carbocycles. The van der Waals surface area contributed by atoms with Crippen LogP contribution in [0.15, 0.2) is 12.3 Å². The smallest absolute Gasteiger partial charge is 0.241 e. The maximum atomic E-state index is 10.9. The molecule has 2 rings (SSSR count). The Bertz CT molecular complexity index is 280. The van der Waals surface area contributed by atoms with Crippen LogP contribution >= 0.6 is 0 Å². The molecule has 0 aromatic carbocycles. The Morgan fingerprint density at radius 3 is 3.45 bits per heavy atom. The van der Waals surface area contributed by atoms with Crippen molar-refractivity contribution in [3.05, 3.63) is 12.3 Å². The standard InChI is InChI=1S/C6H8N4O/c11-6-2-3-7-5-1-4-8-10(5)9-6/h1,4,7H,2-3H2,(H,9,11). The van der Waals surface area contributed by atoms with Gasteiger partial charge in [0, 0.05) is 19.0 Å². The summed E-state index contributed by atoms with van der Waals surface area (Å²) in [4.78, 5) is 12.4. The molecule has 5 heteroatoms. The van der Waals surface area contributed by atoms with E-state index in [1.807, 2.05) is 6.07 Å². The number of nitrogens with one attached hydrogen (secondary N) is 2. The number of amides is 1. The minimum Gasteiger partial charge on any atom is -0.368 e. The molecule has 1 amide bonds. The molecule has 0 unspecified atom stereocenters. The lowest BCUT2D eigenvalue weighted by Gasteiger charge is -2.01. The van der Waals surface area contributed by atoms with E-state index in [2.05, 4.69) is 15.8 Å². The molecule has 0 atom stereocenters. The first-order valence-electron chi connectivity index (χ1n) is 3.44. The number of carbonyl (C=O) groups is 1. The highest BCUT2D eigenvalue weighted by atomic mass is 16.2. The summed E-state index contributed by atoms with van der Waals surface area (Å²) in [6.07, 6.45) is 2.12. The van der Waals surface area contributed by atoms with Gasteiger partial charge in [-0.05, 0) is 0 Å². The summed E-state index contributed by atoms with van der Waals surface area (Å²) in [5, 5.41) is 6.94. The van der Waals surface area contributed by atoms with Gasteiger partial charge in [0.15, 0.2) is 0 Å². The summed E-state index contributed by atoms with van der Waals surface area (Å²) < 4.78 is 0. The topological polar surface area (TPSA) is 59.0 Å². The second-order valence-corrected chi connectivity index (χ2v) is 2.34. The van der Waals surface area contributed by atoms with Crippen molar-refractivity contribution >= 4 is 11.7 Å². The third-order valence-electron chi connectivity index (χ3n) is 1.53. The van der Waals surface area contributed by atoms with Crippen LogP contribution in [0, 0.1) is 0 Å². The first kappa shape index (κ1) is 6.21. The quantitative estimate of drug-likeness (QED) is 0.539. The van der Waals surface area contributed by atoms with Crippen molar-refractivity contribution in [1.29, 1.82) is 0 Å². The van der Waals surface area contributed by atoms with Gasteiger partial charge in [-0.2, -0.15) is 9.89 Å². The molecule has 5 nitrogen and oxygen atoms in total. The Balaban J connectivity index is 2.32. The number of aromatic nitrogens is 2. The van der Waals surface area contributed by atoms with E-state index in [4.69, 9.17) is 0 Å². The lowest BCUT2D eigenvalue weighted by Crippen LogP contribution is -2.21. The molecule has 11 heavy (non-hydrogen) atoms. The Morgan fingerprint density at radius 2 is 2.55 bits per heavy atom. The monoisotopic (exact) mass is 152 g/mol.